The largest absolute Gasteiger partial charge is 0.310 e. The Labute approximate surface area is 316 Å². The molecule has 0 amide bonds. The fourth-order valence-corrected chi connectivity index (χ4v) is 9.46. The highest BCUT2D eigenvalue weighted by atomic mass is 15.1. The molecule has 0 saturated heterocycles. The Hall–Kier alpha value is -6.96. The van der Waals surface area contributed by atoms with Gasteiger partial charge in [-0.3, -0.25) is 0 Å². The standard InChI is InChI=1S/C53H35N/c1-3-15-36(16-4-1)41-33-34-42(44-20-8-7-19-43(41)44)37-27-29-39(30-28-37)54(38-17-5-2-6-18-38)40-31-32-48-47-23-11-14-26-51(47)53(52(48)35-40)49-24-12-9-21-45(49)46-22-10-13-25-50(46)53/h1-35H. The first-order valence-electron chi connectivity index (χ1n) is 18.8. The lowest BCUT2D eigenvalue weighted by Gasteiger charge is -2.32. The molecule has 0 aromatic heterocycles. The van der Waals surface area contributed by atoms with Crippen LogP contribution < -0.4 is 4.90 Å². The molecule has 1 heteroatoms. The highest BCUT2D eigenvalue weighted by Crippen LogP contribution is 2.63. The fraction of sp³-hybridized carbons (Fsp3) is 0.0189. The van der Waals surface area contributed by atoms with Crippen molar-refractivity contribution in [3.05, 3.63) is 235 Å². The molecule has 0 saturated carbocycles. The summed E-state index contributed by atoms with van der Waals surface area (Å²) in [7, 11) is 0. The third-order valence-electron chi connectivity index (χ3n) is 11.7. The van der Waals surface area contributed by atoms with E-state index in [1.54, 1.807) is 0 Å². The minimum Gasteiger partial charge on any atom is -0.310 e. The number of anilines is 3. The third kappa shape index (κ3) is 4.39. The molecular formula is C53H35N. The Morgan fingerprint density at radius 3 is 1.20 bits per heavy atom. The third-order valence-corrected chi connectivity index (χ3v) is 11.7. The number of nitrogens with zero attached hydrogens (tertiary/aromatic N) is 1. The van der Waals surface area contributed by atoms with Crippen LogP contribution in [0.15, 0.2) is 212 Å². The van der Waals surface area contributed by atoms with Crippen LogP contribution in [0.2, 0.25) is 0 Å². The molecule has 9 aromatic rings. The molecule has 0 atom stereocenters. The zero-order valence-corrected chi connectivity index (χ0v) is 29.7. The molecule has 1 nitrogen and oxygen atoms in total. The lowest BCUT2D eigenvalue weighted by Crippen LogP contribution is -2.26. The summed E-state index contributed by atoms with van der Waals surface area (Å²) in [6.07, 6.45) is 0. The second kappa shape index (κ2) is 12.0. The molecule has 0 unspecified atom stereocenters. The number of hydrogen-bond acceptors (Lipinski definition) is 1. The number of para-hydroxylation sites is 1. The Balaban J connectivity index is 1.07. The van der Waals surface area contributed by atoms with E-state index in [1.807, 2.05) is 0 Å². The van der Waals surface area contributed by atoms with E-state index in [-0.39, 0.29) is 0 Å². The van der Waals surface area contributed by atoms with Crippen LogP contribution in [0.4, 0.5) is 17.1 Å². The first kappa shape index (κ1) is 30.6. The van der Waals surface area contributed by atoms with Crippen LogP contribution in [0, 0.1) is 0 Å². The van der Waals surface area contributed by atoms with Gasteiger partial charge in [0, 0.05) is 17.1 Å². The van der Waals surface area contributed by atoms with Crippen molar-refractivity contribution >= 4 is 27.8 Å². The van der Waals surface area contributed by atoms with Gasteiger partial charge in [0.1, 0.15) is 0 Å². The minimum absolute atomic E-state index is 0.395. The highest BCUT2D eigenvalue weighted by molar-refractivity contribution is 6.05. The Morgan fingerprint density at radius 1 is 0.259 bits per heavy atom. The lowest BCUT2D eigenvalue weighted by atomic mass is 9.70. The van der Waals surface area contributed by atoms with Crippen LogP contribution in [0.1, 0.15) is 22.3 Å². The van der Waals surface area contributed by atoms with Gasteiger partial charge in [0.25, 0.3) is 0 Å². The molecule has 11 rings (SSSR count). The molecule has 9 aromatic carbocycles. The summed E-state index contributed by atoms with van der Waals surface area (Å²) in [6.45, 7) is 0. The molecule has 0 bridgehead atoms. The number of benzene rings is 9. The smallest absolute Gasteiger partial charge is 0.0726 e. The van der Waals surface area contributed by atoms with Gasteiger partial charge >= 0.3 is 0 Å². The predicted molar refractivity (Wildman–Crippen MR) is 226 cm³/mol. The van der Waals surface area contributed by atoms with Gasteiger partial charge in [-0.25, -0.2) is 0 Å². The zero-order chi connectivity index (χ0) is 35.6. The zero-order valence-electron chi connectivity index (χ0n) is 29.7. The molecule has 1 spiro atoms. The average molecular weight is 686 g/mol. The first-order chi connectivity index (χ1) is 26.8. The van der Waals surface area contributed by atoms with E-state index in [4.69, 9.17) is 0 Å². The maximum atomic E-state index is 2.46. The van der Waals surface area contributed by atoms with Gasteiger partial charge in [-0.2, -0.15) is 0 Å². The van der Waals surface area contributed by atoms with Crippen LogP contribution in [0.5, 0.6) is 0 Å². The molecule has 252 valence electrons. The van der Waals surface area contributed by atoms with Gasteiger partial charge in [0.2, 0.25) is 0 Å². The normalized spacial score (nSPS) is 13.0. The molecule has 2 aliphatic rings. The van der Waals surface area contributed by atoms with Crippen LogP contribution >= 0.6 is 0 Å². The monoisotopic (exact) mass is 685 g/mol. The molecule has 0 aliphatic heterocycles. The fourth-order valence-electron chi connectivity index (χ4n) is 9.46. The predicted octanol–water partition coefficient (Wildman–Crippen LogP) is 14.0. The topological polar surface area (TPSA) is 3.24 Å². The molecule has 2 aliphatic carbocycles. The maximum Gasteiger partial charge on any atom is 0.0726 e. The van der Waals surface area contributed by atoms with E-state index in [9.17, 15) is 0 Å². The molecule has 54 heavy (non-hydrogen) atoms. The van der Waals surface area contributed by atoms with Crippen molar-refractivity contribution < 1.29 is 0 Å². The van der Waals surface area contributed by atoms with Crippen molar-refractivity contribution in [3.63, 3.8) is 0 Å². The Bertz CT molecular complexity index is 2810. The van der Waals surface area contributed by atoms with Gasteiger partial charge < -0.3 is 4.90 Å². The van der Waals surface area contributed by atoms with Crippen molar-refractivity contribution in [3.8, 4) is 44.5 Å². The number of fused-ring (bicyclic) bond motifs is 11. The van der Waals surface area contributed by atoms with Gasteiger partial charge in [-0.1, -0.05) is 176 Å². The summed E-state index contributed by atoms with van der Waals surface area (Å²) in [6, 6.07) is 78.1. The Morgan fingerprint density at radius 2 is 0.648 bits per heavy atom. The summed E-state index contributed by atoms with van der Waals surface area (Å²) in [4.78, 5) is 2.41. The van der Waals surface area contributed by atoms with Crippen LogP contribution in [-0.2, 0) is 5.41 Å². The van der Waals surface area contributed by atoms with Crippen molar-refractivity contribution in [2.45, 2.75) is 5.41 Å². The van der Waals surface area contributed by atoms with Gasteiger partial charge in [-0.15, -0.1) is 0 Å². The second-order valence-corrected chi connectivity index (χ2v) is 14.4. The summed E-state index contributed by atoms with van der Waals surface area (Å²) in [5, 5.41) is 2.52. The summed E-state index contributed by atoms with van der Waals surface area (Å²) in [5.41, 5.74) is 18.6. The van der Waals surface area contributed by atoms with E-state index >= 15 is 0 Å². The summed E-state index contributed by atoms with van der Waals surface area (Å²) < 4.78 is 0. The SMILES string of the molecule is c1ccc(-c2ccc(-c3ccc(N(c4ccccc4)c4ccc5c(c4)C4(c6ccccc6-c6ccccc64)c4ccccc4-5)cc3)c3ccccc23)cc1. The lowest BCUT2D eigenvalue weighted by molar-refractivity contribution is 0.793. The summed E-state index contributed by atoms with van der Waals surface area (Å²) >= 11 is 0. The molecule has 0 fully saturated rings. The molecule has 0 radical (unpaired) electrons. The number of hydrogen-bond donors (Lipinski definition) is 0. The van der Waals surface area contributed by atoms with Gasteiger partial charge in [0.15, 0.2) is 0 Å². The number of rotatable bonds is 5. The van der Waals surface area contributed by atoms with E-state index in [0.29, 0.717) is 0 Å². The molecule has 0 heterocycles. The average Bonchev–Trinajstić information content (AvgIpc) is 3.72. The van der Waals surface area contributed by atoms with Crippen molar-refractivity contribution in [2.24, 2.45) is 0 Å². The quantitative estimate of drug-likeness (QED) is 0.174. The van der Waals surface area contributed by atoms with Crippen molar-refractivity contribution in [2.75, 3.05) is 4.90 Å². The first-order valence-corrected chi connectivity index (χ1v) is 18.8. The van der Waals surface area contributed by atoms with E-state index in [2.05, 4.69) is 217 Å². The molecular weight excluding hydrogens is 651 g/mol. The van der Waals surface area contributed by atoms with Crippen molar-refractivity contribution in [1.29, 1.82) is 0 Å². The molecule has 0 N–H and O–H groups in total. The van der Waals surface area contributed by atoms with E-state index in [0.717, 1.165) is 17.1 Å². The highest BCUT2D eigenvalue weighted by Gasteiger charge is 2.51. The van der Waals surface area contributed by atoms with Crippen molar-refractivity contribution in [1.82, 2.24) is 0 Å². The van der Waals surface area contributed by atoms with Crippen LogP contribution in [0.25, 0.3) is 55.3 Å². The summed E-state index contributed by atoms with van der Waals surface area (Å²) in [5.74, 6) is 0. The van der Waals surface area contributed by atoms with Crippen LogP contribution in [-0.4, -0.2) is 0 Å². The second-order valence-electron chi connectivity index (χ2n) is 14.4. The maximum absolute atomic E-state index is 2.46. The van der Waals surface area contributed by atoms with E-state index in [1.165, 1.54) is 77.5 Å². The minimum atomic E-state index is -0.395. The van der Waals surface area contributed by atoms with E-state index < -0.39 is 5.41 Å². The van der Waals surface area contributed by atoms with Crippen LogP contribution in [0.3, 0.4) is 0 Å². The van der Waals surface area contributed by atoms with Gasteiger partial charge in [0.05, 0.1) is 5.41 Å². The van der Waals surface area contributed by atoms with Gasteiger partial charge in [-0.05, 0) is 114 Å². The Kier molecular flexibility index (Phi) is 6.84.